The number of ether oxygens (including phenoxy) is 2. The molecule has 11 heteroatoms. The van der Waals surface area contributed by atoms with Crippen LogP contribution in [0.1, 0.15) is 16.8 Å². The van der Waals surface area contributed by atoms with Gasteiger partial charge in [0.25, 0.3) is 5.56 Å². The first kappa shape index (κ1) is 26.4. The van der Waals surface area contributed by atoms with Gasteiger partial charge in [-0.2, -0.15) is 0 Å². The van der Waals surface area contributed by atoms with E-state index in [1.165, 1.54) is 29.5 Å². The van der Waals surface area contributed by atoms with Crippen LogP contribution in [0.2, 0.25) is 0 Å². The molecule has 0 aliphatic carbocycles. The van der Waals surface area contributed by atoms with Crippen molar-refractivity contribution in [3.8, 4) is 5.75 Å². The molecule has 2 N–H and O–H groups in total. The maximum absolute atomic E-state index is 12.9. The molecule has 196 valence electrons. The summed E-state index contributed by atoms with van der Waals surface area (Å²) in [6, 6.07) is 12.7. The summed E-state index contributed by atoms with van der Waals surface area (Å²) < 4.78 is 11.5. The highest BCUT2D eigenvalue weighted by Gasteiger charge is 2.17. The third-order valence-electron chi connectivity index (χ3n) is 6.53. The second-order valence-electron chi connectivity index (χ2n) is 8.77. The van der Waals surface area contributed by atoms with Crippen molar-refractivity contribution < 1.29 is 19.1 Å². The van der Waals surface area contributed by atoms with Crippen molar-refractivity contribution in [1.29, 1.82) is 0 Å². The van der Waals surface area contributed by atoms with Crippen molar-refractivity contribution in [2.24, 2.45) is 0 Å². The van der Waals surface area contributed by atoms with Gasteiger partial charge in [0, 0.05) is 57.9 Å². The van der Waals surface area contributed by atoms with Gasteiger partial charge in [-0.15, -0.1) is 0 Å². The highest BCUT2D eigenvalue weighted by atomic mass is 32.1. The van der Waals surface area contributed by atoms with Gasteiger partial charge in [0.05, 0.1) is 30.7 Å². The number of aromatic nitrogens is 2. The summed E-state index contributed by atoms with van der Waals surface area (Å²) in [6.07, 6.45) is 0.133. The normalized spacial score (nSPS) is 13.9. The Morgan fingerprint density at radius 1 is 1.03 bits per heavy atom. The molecular formula is C26H31N5O5S. The van der Waals surface area contributed by atoms with E-state index >= 15 is 0 Å². The number of carbonyl (C=O) groups excluding carboxylic acids is 2. The number of nitrogens with zero attached hydrogens (tertiary/aromatic N) is 3. The summed E-state index contributed by atoms with van der Waals surface area (Å²) >= 11 is 5.33. The molecule has 0 unspecified atom stereocenters. The number of methoxy groups -OCH3 is 2. The molecule has 1 amide bonds. The van der Waals surface area contributed by atoms with Crippen LogP contribution < -0.4 is 20.5 Å². The fourth-order valence-electron chi connectivity index (χ4n) is 4.38. The maximum atomic E-state index is 12.9. The van der Waals surface area contributed by atoms with Gasteiger partial charge in [-0.05, 0) is 54.7 Å². The Labute approximate surface area is 219 Å². The second kappa shape index (κ2) is 12.0. The van der Waals surface area contributed by atoms with Crippen molar-refractivity contribution in [3.05, 3.63) is 63.2 Å². The van der Waals surface area contributed by atoms with Crippen LogP contribution in [0.5, 0.6) is 5.75 Å². The standard InChI is InChI=1S/C26H31N5O5S/c1-35-20-6-4-19(5-7-20)30-15-13-29(14-16-30)12-10-27-23(32)9-11-31-24(33)21-8-3-18(25(34)36-2)17-22(21)28-26(31)37/h3-8,17H,9-16H2,1-2H3,(H,27,32)(H,28,37). The number of nitrogens with one attached hydrogen (secondary N) is 2. The lowest BCUT2D eigenvalue weighted by molar-refractivity contribution is -0.121. The fourth-order valence-corrected chi connectivity index (χ4v) is 4.66. The second-order valence-corrected chi connectivity index (χ2v) is 9.15. The smallest absolute Gasteiger partial charge is 0.337 e. The molecule has 0 spiro atoms. The van der Waals surface area contributed by atoms with Gasteiger partial charge in [-0.1, -0.05) is 0 Å². The minimum absolute atomic E-state index is 0.133. The van der Waals surface area contributed by atoms with Crippen LogP contribution in [0.4, 0.5) is 5.69 Å². The Morgan fingerprint density at radius 2 is 1.76 bits per heavy atom. The van der Waals surface area contributed by atoms with Crippen molar-refractivity contribution in [1.82, 2.24) is 19.8 Å². The lowest BCUT2D eigenvalue weighted by atomic mass is 10.1. The number of benzene rings is 2. The quantitative estimate of drug-likeness (QED) is 0.323. The lowest BCUT2D eigenvalue weighted by Crippen LogP contribution is -2.48. The average molecular weight is 526 g/mol. The first-order valence-corrected chi connectivity index (χ1v) is 12.5. The third-order valence-corrected chi connectivity index (χ3v) is 6.85. The Kier molecular flexibility index (Phi) is 8.57. The lowest BCUT2D eigenvalue weighted by Gasteiger charge is -2.36. The number of fused-ring (bicyclic) bond motifs is 1. The summed E-state index contributed by atoms with van der Waals surface area (Å²) in [5.74, 6) is 0.209. The molecule has 2 heterocycles. The van der Waals surface area contributed by atoms with E-state index in [1.54, 1.807) is 13.2 Å². The van der Waals surface area contributed by atoms with Gasteiger partial charge < -0.3 is 24.7 Å². The summed E-state index contributed by atoms with van der Waals surface area (Å²) in [5, 5.41) is 3.32. The summed E-state index contributed by atoms with van der Waals surface area (Å²) in [7, 11) is 2.95. The number of rotatable bonds is 9. The zero-order valence-corrected chi connectivity index (χ0v) is 21.8. The first-order chi connectivity index (χ1) is 17.9. The van der Waals surface area contributed by atoms with Crippen molar-refractivity contribution >= 4 is 40.7 Å². The molecule has 0 saturated carbocycles. The van der Waals surface area contributed by atoms with Crippen LogP contribution in [0, 0.1) is 4.77 Å². The van der Waals surface area contributed by atoms with Gasteiger partial charge >= 0.3 is 5.97 Å². The molecule has 10 nitrogen and oxygen atoms in total. The Morgan fingerprint density at radius 3 is 2.43 bits per heavy atom. The van der Waals surface area contributed by atoms with E-state index in [2.05, 4.69) is 32.2 Å². The Balaban J connectivity index is 1.24. The van der Waals surface area contributed by atoms with E-state index in [9.17, 15) is 14.4 Å². The van der Waals surface area contributed by atoms with E-state index in [0.29, 0.717) is 23.0 Å². The van der Waals surface area contributed by atoms with E-state index in [0.717, 1.165) is 38.5 Å². The number of hydrogen-bond donors (Lipinski definition) is 2. The van der Waals surface area contributed by atoms with Gasteiger partial charge in [0.2, 0.25) is 5.91 Å². The van der Waals surface area contributed by atoms with E-state index in [1.807, 2.05) is 12.1 Å². The zero-order chi connectivity index (χ0) is 26.4. The van der Waals surface area contributed by atoms with Crippen molar-refractivity contribution in [2.75, 3.05) is 58.4 Å². The number of anilines is 1. The van der Waals surface area contributed by atoms with Gasteiger partial charge in [0.1, 0.15) is 5.75 Å². The van der Waals surface area contributed by atoms with Crippen molar-refractivity contribution in [3.63, 3.8) is 0 Å². The predicted molar refractivity (Wildman–Crippen MR) is 144 cm³/mol. The van der Waals surface area contributed by atoms with Gasteiger partial charge in [-0.25, -0.2) is 4.79 Å². The van der Waals surface area contributed by atoms with Crippen LogP contribution in [-0.2, 0) is 16.1 Å². The van der Waals surface area contributed by atoms with E-state index in [4.69, 9.17) is 21.7 Å². The fraction of sp³-hybridized carbons (Fsp3) is 0.385. The molecule has 0 bridgehead atoms. The Hall–Kier alpha value is -3.70. The number of piperazine rings is 1. The van der Waals surface area contributed by atoms with Crippen LogP contribution in [-0.4, -0.2) is 79.8 Å². The molecule has 3 aromatic rings. The molecule has 2 aromatic carbocycles. The highest BCUT2D eigenvalue weighted by molar-refractivity contribution is 7.71. The summed E-state index contributed by atoms with van der Waals surface area (Å²) in [6.45, 7) is 5.14. The number of aromatic amines is 1. The molecule has 1 aliphatic heterocycles. The molecule has 4 rings (SSSR count). The van der Waals surface area contributed by atoms with Gasteiger partial charge in [-0.3, -0.25) is 19.1 Å². The predicted octanol–water partition coefficient (Wildman–Crippen LogP) is 2.18. The number of carbonyl (C=O) groups is 2. The molecule has 1 saturated heterocycles. The Bertz CT molecular complexity index is 1380. The van der Waals surface area contributed by atoms with Crippen LogP contribution in [0.15, 0.2) is 47.3 Å². The monoisotopic (exact) mass is 525 g/mol. The minimum Gasteiger partial charge on any atom is -0.497 e. The number of amides is 1. The number of H-pyrrole nitrogens is 1. The molecule has 1 aliphatic rings. The largest absolute Gasteiger partial charge is 0.497 e. The third kappa shape index (κ3) is 6.36. The zero-order valence-electron chi connectivity index (χ0n) is 21.0. The number of hydrogen-bond acceptors (Lipinski definition) is 8. The average Bonchev–Trinajstić information content (AvgIpc) is 2.92. The van der Waals surface area contributed by atoms with Gasteiger partial charge in [0.15, 0.2) is 4.77 Å². The topological polar surface area (TPSA) is 109 Å². The molecular weight excluding hydrogens is 494 g/mol. The molecule has 37 heavy (non-hydrogen) atoms. The van der Waals surface area contributed by atoms with Crippen LogP contribution in [0.3, 0.4) is 0 Å². The van der Waals surface area contributed by atoms with Crippen molar-refractivity contribution in [2.45, 2.75) is 13.0 Å². The first-order valence-electron chi connectivity index (χ1n) is 12.1. The molecule has 0 radical (unpaired) electrons. The number of esters is 1. The van der Waals surface area contributed by atoms with Crippen LogP contribution in [0.25, 0.3) is 10.9 Å². The maximum Gasteiger partial charge on any atom is 0.337 e. The minimum atomic E-state index is -0.499. The van der Waals surface area contributed by atoms with E-state index < -0.39 is 5.97 Å². The summed E-state index contributed by atoms with van der Waals surface area (Å²) in [5.41, 5.74) is 1.64. The molecule has 1 aromatic heterocycles. The molecule has 1 fully saturated rings. The highest BCUT2D eigenvalue weighted by Crippen LogP contribution is 2.20. The van der Waals surface area contributed by atoms with E-state index in [-0.39, 0.29) is 29.2 Å². The SMILES string of the molecule is COC(=O)c1ccc2c(=O)n(CCC(=O)NCCN3CCN(c4ccc(OC)cc4)CC3)c(=S)[nH]c2c1. The summed E-state index contributed by atoms with van der Waals surface area (Å²) in [4.78, 5) is 44.7. The molecule has 0 atom stereocenters. The van der Waals surface area contributed by atoms with Crippen LogP contribution >= 0.6 is 12.2 Å².